The standard InChI is InChI=1S/C8H15/c1-3-8-5-4-7(2)6-8/h4,7-8H,3,5-6H2,1-2H3. The lowest BCUT2D eigenvalue weighted by Crippen LogP contribution is -1.89. The minimum Gasteiger partial charge on any atom is -0.0651 e. The molecule has 2 unspecified atom stereocenters. The SMILES string of the molecule is CCC1C[CH]C(C)C1. The van der Waals surface area contributed by atoms with Crippen LogP contribution in [0.2, 0.25) is 0 Å². The fourth-order valence-corrected chi connectivity index (χ4v) is 1.48. The Balaban J connectivity index is 2.22. The molecule has 1 radical (unpaired) electrons. The van der Waals surface area contributed by atoms with Gasteiger partial charge in [-0.1, -0.05) is 20.3 Å². The summed E-state index contributed by atoms with van der Waals surface area (Å²) in [5.41, 5.74) is 0. The van der Waals surface area contributed by atoms with Gasteiger partial charge in [-0.2, -0.15) is 0 Å². The Kier molecular flexibility index (Phi) is 1.93. The molecule has 0 aromatic rings. The lowest BCUT2D eigenvalue weighted by Gasteiger charge is -2.02. The minimum absolute atomic E-state index is 0.903. The fourth-order valence-electron chi connectivity index (χ4n) is 1.48. The van der Waals surface area contributed by atoms with Crippen molar-refractivity contribution in [3.05, 3.63) is 6.42 Å². The van der Waals surface area contributed by atoms with Crippen LogP contribution >= 0.6 is 0 Å². The lowest BCUT2D eigenvalue weighted by atomic mass is 10.0. The summed E-state index contributed by atoms with van der Waals surface area (Å²) >= 11 is 0. The molecule has 1 aliphatic carbocycles. The van der Waals surface area contributed by atoms with Gasteiger partial charge in [0.2, 0.25) is 0 Å². The van der Waals surface area contributed by atoms with E-state index in [1.807, 2.05) is 0 Å². The first kappa shape index (κ1) is 6.12. The van der Waals surface area contributed by atoms with E-state index in [9.17, 15) is 0 Å². The van der Waals surface area contributed by atoms with Crippen LogP contribution in [0.15, 0.2) is 0 Å². The summed E-state index contributed by atoms with van der Waals surface area (Å²) in [6.07, 6.45) is 6.64. The fraction of sp³-hybridized carbons (Fsp3) is 0.875. The zero-order chi connectivity index (χ0) is 5.98. The molecule has 0 spiro atoms. The molecule has 1 aliphatic rings. The third-order valence-corrected chi connectivity index (χ3v) is 2.15. The van der Waals surface area contributed by atoms with E-state index in [1.54, 1.807) is 0 Å². The quantitative estimate of drug-likeness (QED) is 0.488. The maximum atomic E-state index is 2.45. The lowest BCUT2D eigenvalue weighted by molar-refractivity contribution is 0.502. The Morgan fingerprint density at radius 3 is 2.62 bits per heavy atom. The van der Waals surface area contributed by atoms with Crippen molar-refractivity contribution in [3.8, 4) is 0 Å². The first-order chi connectivity index (χ1) is 3.83. The molecule has 8 heavy (non-hydrogen) atoms. The molecule has 0 heterocycles. The van der Waals surface area contributed by atoms with Crippen molar-refractivity contribution in [2.75, 3.05) is 0 Å². The summed E-state index contributed by atoms with van der Waals surface area (Å²) in [4.78, 5) is 0. The third-order valence-electron chi connectivity index (χ3n) is 2.15. The van der Waals surface area contributed by atoms with Crippen molar-refractivity contribution in [2.24, 2.45) is 11.8 Å². The molecular formula is C8H15. The first-order valence-corrected chi connectivity index (χ1v) is 3.66. The number of hydrogen-bond donors (Lipinski definition) is 0. The number of hydrogen-bond acceptors (Lipinski definition) is 0. The molecule has 0 N–H and O–H groups in total. The average Bonchev–Trinajstić information content (AvgIpc) is 2.14. The van der Waals surface area contributed by atoms with Gasteiger partial charge in [-0.25, -0.2) is 0 Å². The number of rotatable bonds is 1. The second kappa shape index (κ2) is 2.52. The predicted octanol–water partition coefficient (Wildman–Crippen LogP) is 2.65. The smallest absolute Gasteiger partial charge is 0.0355 e. The highest BCUT2D eigenvalue weighted by molar-refractivity contribution is 4.85. The van der Waals surface area contributed by atoms with E-state index in [1.165, 1.54) is 19.3 Å². The van der Waals surface area contributed by atoms with E-state index in [2.05, 4.69) is 20.3 Å². The molecule has 1 saturated carbocycles. The van der Waals surface area contributed by atoms with Gasteiger partial charge in [0.15, 0.2) is 0 Å². The summed E-state index contributed by atoms with van der Waals surface area (Å²) < 4.78 is 0. The molecule has 0 saturated heterocycles. The second-order valence-corrected chi connectivity index (χ2v) is 2.96. The van der Waals surface area contributed by atoms with Crippen molar-refractivity contribution in [3.63, 3.8) is 0 Å². The molecule has 0 nitrogen and oxygen atoms in total. The van der Waals surface area contributed by atoms with Gasteiger partial charge < -0.3 is 0 Å². The van der Waals surface area contributed by atoms with Gasteiger partial charge in [0.25, 0.3) is 0 Å². The highest BCUT2D eigenvalue weighted by atomic mass is 14.2. The molecule has 2 atom stereocenters. The van der Waals surface area contributed by atoms with E-state index in [0.29, 0.717) is 0 Å². The summed E-state index contributed by atoms with van der Waals surface area (Å²) in [5.74, 6) is 1.92. The summed E-state index contributed by atoms with van der Waals surface area (Å²) in [5, 5.41) is 0. The Morgan fingerprint density at radius 2 is 2.38 bits per heavy atom. The van der Waals surface area contributed by atoms with Crippen LogP contribution in [0.5, 0.6) is 0 Å². The maximum Gasteiger partial charge on any atom is -0.0355 e. The normalized spacial score (nSPS) is 38.2. The van der Waals surface area contributed by atoms with Crippen LogP contribution in [-0.2, 0) is 0 Å². The Hall–Kier alpha value is 0. The van der Waals surface area contributed by atoms with E-state index in [0.717, 1.165) is 11.8 Å². The van der Waals surface area contributed by atoms with Crippen LogP contribution in [0.25, 0.3) is 0 Å². The molecule has 0 aromatic carbocycles. The van der Waals surface area contributed by atoms with Crippen molar-refractivity contribution < 1.29 is 0 Å². The largest absolute Gasteiger partial charge is 0.0651 e. The van der Waals surface area contributed by atoms with Crippen molar-refractivity contribution in [1.82, 2.24) is 0 Å². The summed E-state index contributed by atoms with van der Waals surface area (Å²) in [6.45, 7) is 4.60. The molecule has 0 amide bonds. The molecule has 0 heteroatoms. The van der Waals surface area contributed by atoms with E-state index in [-0.39, 0.29) is 0 Å². The molecule has 1 fully saturated rings. The second-order valence-electron chi connectivity index (χ2n) is 2.96. The molecule has 47 valence electrons. The van der Waals surface area contributed by atoms with Crippen LogP contribution < -0.4 is 0 Å². The summed E-state index contributed by atoms with van der Waals surface area (Å²) in [7, 11) is 0. The first-order valence-electron chi connectivity index (χ1n) is 3.66. The Bertz CT molecular complexity index is 66.4. The summed E-state index contributed by atoms with van der Waals surface area (Å²) in [6, 6.07) is 0. The van der Waals surface area contributed by atoms with Gasteiger partial charge in [-0.15, -0.1) is 0 Å². The topological polar surface area (TPSA) is 0 Å². The van der Waals surface area contributed by atoms with Crippen molar-refractivity contribution in [1.29, 1.82) is 0 Å². The van der Waals surface area contributed by atoms with Gasteiger partial charge in [0, 0.05) is 0 Å². The highest BCUT2D eigenvalue weighted by Gasteiger charge is 2.18. The predicted molar refractivity (Wildman–Crippen MR) is 36.5 cm³/mol. The van der Waals surface area contributed by atoms with Gasteiger partial charge in [-0.05, 0) is 31.1 Å². The Labute approximate surface area is 52.3 Å². The molecule has 0 aromatic heterocycles. The highest BCUT2D eigenvalue weighted by Crippen LogP contribution is 2.30. The zero-order valence-corrected chi connectivity index (χ0v) is 5.85. The minimum atomic E-state index is 0.903. The van der Waals surface area contributed by atoms with Crippen molar-refractivity contribution >= 4 is 0 Å². The van der Waals surface area contributed by atoms with E-state index >= 15 is 0 Å². The van der Waals surface area contributed by atoms with Crippen LogP contribution in [0.3, 0.4) is 0 Å². The molecule has 1 rings (SSSR count). The van der Waals surface area contributed by atoms with Crippen LogP contribution in [0.1, 0.15) is 33.1 Å². The molecule has 0 bridgehead atoms. The zero-order valence-electron chi connectivity index (χ0n) is 5.85. The maximum absolute atomic E-state index is 2.45. The van der Waals surface area contributed by atoms with Gasteiger partial charge in [-0.3, -0.25) is 0 Å². The van der Waals surface area contributed by atoms with E-state index in [4.69, 9.17) is 0 Å². The van der Waals surface area contributed by atoms with Crippen molar-refractivity contribution in [2.45, 2.75) is 33.1 Å². The monoisotopic (exact) mass is 111 g/mol. The van der Waals surface area contributed by atoms with Gasteiger partial charge in [0.1, 0.15) is 0 Å². The third kappa shape index (κ3) is 1.24. The molecule has 0 aliphatic heterocycles. The van der Waals surface area contributed by atoms with Crippen LogP contribution in [0, 0.1) is 18.3 Å². The van der Waals surface area contributed by atoms with E-state index < -0.39 is 0 Å². The van der Waals surface area contributed by atoms with Crippen LogP contribution in [-0.4, -0.2) is 0 Å². The van der Waals surface area contributed by atoms with Gasteiger partial charge >= 0.3 is 0 Å². The molecular weight excluding hydrogens is 96.1 g/mol. The Morgan fingerprint density at radius 1 is 1.62 bits per heavy atom. The average molecular weight is 111 g/mol. The van der Waals surface area contributed by atoms with Crippen LogP contribution in [0.4, 0.5) is 0 Å². The van der Waals surface area contributed by atoms with Gasteiger partial charge in [0.05, 0.1) is 0 Å².